The molecule has 0 spiro atoms. The van der Waals surface area contributed by atoms with Crippen LogP contribution >= 0.6 is 18.6 Å². The van der Waals surface area contributed by atoms with Crippen molar-refractivity contribution in [2.24, 2.45) is 0 Å². The molecule has 4 aromatic rings. The summed E-state index contributed by atoms with van der Waals surface area (Å²) < 4.78 is 0. The summed E-state index contributed by atoms with van der Waals surface area (Å²) >= 11 is -0.556. The fraction of sp³-hybridized carbons (Fsp3) is 0. The predicted octanol–water partition coefficient (Wildman–Crippen LogP) is 8.89. The summed E-state index contributed by atoms with van der Waals surface area (Å²) in [6.07, 6.45) is 0. The molecule has 0 heterocycles. The van der Waals surface area contributed by atoms with E-state index >= 15 is 0 Å². The third kappa shape index (κ3) is 5.51. The average molecular weight is 427 g/mol. The molecule has 0 aliphatic heterocycles. The van der Waals surface area contributed by atoms with Crippen molar-refractivity contribution in [1.29, 1.82) is 0 Å². The fourth-order valence-electron chi connectivity index (χ4n) is 2.77. The van der Waals surface area contributed by atoms with Gasteiger partial charge in [-0.1, -0.05) is 97.1 Å². The van der Waals surface area contributed by atoms with Crippen LogP contribution in [-0.4, -0.2) is 0 Å². The third-order valence-electron chi connectivity index (χ3n) is 3.87. The minimum absolute atomic E-state index is 0.556. The minimum Gasteiger partial charge on any atom is -0.657 e. The summed E-state index contributed by atoms with van der Waals surface area (Å²) in [5.74, 6) is 0. The van der Waals surface area contributed by atoms with Gasteiger partial charge in [0, 0.05) is 0 Å². The molecular weight excluding hydrogens is 411 g/mol. The molecule has 2 nitrogen and oxygen atoms in total. The molecule has 0 aromatic heterocycles. The van der Waals surface area contributed by atoms with E-state index in [1.54, 1.807) is 0 Å². The number of fused-ring (bicyclic) bond motifs is 1. The van der Waals surface area contributed by atoms with Crippen molar-refractivity contribution in [1.82, 2.24) is 0 Å². The van der Waals surface area contributed by atoms with Gasteiger partial charge >= 0.3 is 35.6 Å². The zero-order valence-corrected chi connectivity index (χ0v) is 17.5. The Morgan fingerprint density at radius 1 is 0.519 bits per heavy atom. The first-order valence-corrected chi connectivity index (χ1v) is 12.6. The minimum atomic E-state index is -0.556. The maximum atomic E-state index is 4.89. The molecular formula is C22H16Cl2N2Ti-2. The van der Waals surface area contributed by atoms with E-state index in [1.807, 2.05) is 84.9 Å². The number of benzene rings is 4. The normalized spacial score (nSPS) is 9.85. The Hall–Kier alpha value is -1.97. The predicted molar refractivity (Wildman–Crippen MR) is 114 cm³/mol. The van der Waals surface area contributed by atoms with Gasteiger partial charge in [0.05, 0.1) is 0 Å². The van der Waals surface area contributed by atoms with Crippen LogP contribution in [0, 0.1) is 0 Å². The van der Waals surface area contributed by atoms with Crippen LogP contribution in [-0.2, 0) is 17.0 Å². The van der Waals surface area contributed by atoms with Gasteiger partial charge in [0.1, 0.15) is 0 Å². The number of nitrogens with zero attached hydrogens (tertiary/aromatic N) is 2. The molecule has 0 amide bonds. The molecule has 0 N–H and O–H groups in total. The van der Waals surface area contributed by atoms with E-state index in [9.17, 15) is 0 Å². The second-order valence-electron chi connectivity index (χ2n) is 5.62. The van der Waals surface area contributed by atoms with Crippen LogP contribution < -0.4 is 0 Å². The molecule has 0 saturated heterocycles. The standard InChI is InChI=1S/C22H16N2.2ClH.Ti/c1-3-11-18(12-4-1)23-20-15-7-9-17-10-8-16-21(22(17)20)24-19-13-5-2-6-14-19;;;/h1-16H;2*1H;/q-2;;;+2/p-2. The summed E-state index contributed by atoms with van der Waals surface area (Å²) in [5, 5.41) is 11.8. The number of halogens is 2. The largest absolute Gasteiger partial charge is 0.657 e. The molecule has 134 valence electrons. The molecule has 0 aliphatic rings. The summed E-state index contributed by atoms with van der Waals surface area (Å²) in [4.78, 5) is 0. The monoisotopic (exact) mass is 426 g/mol. The van der Waals surface area contributed by atoms with Crippen molar-refractivity contribution >= 4 is 52.1 Å². The Morgan fingerprint density at radius 3 is 1.33 bits per heavy atom. The summed E-state index contributed by atoms with van der Waals surface area (Å²) in [7, 11) is 9.78. The number of rotatable bonds is 4. The van der Waals surface area contributed by atoms with Crippen molar-refractivity contribution in [3.63, 3.8) is 0 Å². The van der Waals surface area contributed by atoms with Crippen molar-refractivity contribution in [3.8, 4) is 0 Å². The summed E-state index contributed by atoms with van der Waals surface area (Å²) in [6, 6.07) is 32.4. The van der Waals surface area contributed by atoms with E-state index in [1.165, 1.54) is 0 Å². The van der Waals surface area contributed by atoms with Crippen LogP contribution in [0.1, 0.15) is 0 Å². The van der Waals surface area contributed by atoms with Crippen LogP contribution in [0.3, 0.4) is 0 Å². The number of hydrogen-bond acceptors (Lipinski definition) is 0. The molecule has 27 heavy (non-hydrogen) atoms. The van der Waals surface area contributed by atoms with Crippen LogP contribution in [0.5, 0.6) is 0 Å². The van der Waals surface area contributed by atoms with E-state index in [-0.39, 0.29) is 0 Å². The van der Waals surface area contributed by atoms with Crippen LogP contribution in [0.2, 0.25) is 0 Å². The SMILES string of the molecule is [Cl][Ti][Cl].c1ccc([N-]c2cccc3cccc([N-]c4ccccc4)c23)cc1. The Morgan fingerprint density at radius 2 is 0.926 bits per heavy atom. The quantitative estimate of drug-likeness (QED) is 0.291. The molecule has 0 fully saturated rings. The van der Waals surface area contributed by atoms with Gasteiger partial charge in [0.25, 0.3) is 0 Å². The zero-order chi connectivity index (χ0) is 18.9. The second kappa shape index (κ2) is 10.4. The molecule has 4 rings (SSSR count). The van der Waals surface area contributed by atoms with Crippen molar-refractivity contribution in [2.45, 2.75) is 0 Å². The maximum Gasteiger partial charge on any atom is -0.0209 e. The molecule has 0 unspecified atom stereocenters. The third-order valence-corrected chi connectivity index (χ3v) is 3.87. The van der Waals surface area contributed by atoms with Gasteiger partial charge < -0.3 is 10.6 Å². The Labute approximate surface area is 176 Å². The molecule has 0 atom stereocenters. The second-order valence-corrected chi connectivity index (χ2v) is 8.20. The molecule has 4 aromatic carbocycles. The van der Waals surface area contributed by atoms with E-state index < -0.39 is 17.0 Å². The van der Waals surface area contributed by atoms with Gasteiger partial charge in [-0.3, -0.25) is 0 Å². The van der Waals surface area contributed by atoms with Crippen molar-refractivity contribution in [2.75, 3.05) is 0 Å². The first-order valence-electron chi connectivity index (χ1n) is 8.33. The Kier molecular flexibility index (Phi) is 7.61. The Balaban J connectivity index is 0.000000659. The van der Waals surface area contributed by atoms with Crippen molar-refractivity contribution < 1.29 is 17.0 Å². The van der Waals surface area contributed by atoms with Gasteiger partial charge in [-0.15, -0.1) is 22.7 Å². The Bertz CT molecular complexity index is 903. The number of para-hydroxylation sites is 2. The van der Waals surface area contributed by atoms with Crippen LogP contribution in [0.25, 0.3) is 21.4 Å². The number of hydrogen-bond donors (Lipinski definition) is 0. The average Bonchev–Trinajstić information content (AvgIpc) is 2.70. The van der Waals surface area contributed by atoms with E-state index in [2.05, 4.69) is 12.1 Å². The van der Waals surface area contributed by atoms with Gasteiger partial charge in [0.2, 0.25) is 0 Å². The molecule has 0 saturated carbocycles. The van der Waals surface area contributed by atoms with Gasteiger partial charge in [-0.05, 0) is 10.8 Å². The first kappa shape index (κ1) is 19.8. The van der Waals surface area contributed by atoms with E-state index in [0.29, 0.717) is 0 Å². The van der Waals surface area contributed by atoms with E-state index in [0.717, 1.165) is 33.5 Å². The molecule has 0 bridgehead atoms. The molecule has 0 radical (unpaired) electrons. The van der Waals surface area contributed by atoms with E-state index in [4.69, 9.17) is 29.2 Å². The van der Waals surface area contributed by atoms with Gasteiger partial charge in [-0.25, -0.2) is 0 Å². The molecule has 5 heteroatoms. The summed E-state index contributed by atoms with van der Waals surface area (Å²) in [6.45, 7) is 0. The summed E-state index contributed by atoms with van der Waals surface area (Å²) in [5.41, 5.74) is 3.77. The van der Waals surface area contributed by atoms with Gasteiger partial charge in [-0.2, -0.15) is 0 Å². The smallest absolute Gasteiger partial charge is 0.0209 e. The molecule has 0 aliphatic carbocycles. The first-order chi connectivity index (χ1) is 13.3. The zero-order valence-electron chi connectivity index (χ0n) is 14.4. The fourth-order valence-corrected chi connectivity index (χ4v) is 2.77. The maximum absolute atomic E-state index is 4.89. The van der Waals surface area contributed by atoms with Crippen LogP contribution in [0.4, 0.5) is 22.7 Å². The van der Waals surface area contributed by atoms with Crippen LogP contribution in [0.15, 0.2) is 97.1 Å². The topological polar surface area (TPSA) is 28.2 Å². The van der Waals surface area contributed by atoms with Crippen molar-refractivity contribution in [3.05, 3.63) is 108 Å². The van der Waals surface area contributed by atoms with Gasteiger partial charge in [0.15, 0.2) is 0 Å².